The third-order valence-corrected chi connectivity index (χ3v) is 4.59. The van der Waals surface area contributed by atoms with Crippen molar-refractivity contribution in [2.45, 2.75) is 31.3 Å². The Kier molecular flexibility index (Phi) is 4.81. The summed E-state index contributed by atoms with van der Waals surface area (Å²) in [6.07, 6.45) is 2.11. The third-order valence-electron chi connectivity index (χ3n) is 4.59. The second-order valence-corrected chi connectivity index (χ2v) is 6.10. The summed E-state index contributed by atoms with van der Waals surface area (Å²) in [4.78, 5) is 26.7. The summed E-state index contributed by atoms with van der Waals surface area (Å²) in [6, 6.07) is 7.39. The summed E-state index contributed by atoms with van der Waals surface area (Å²) >= 11 is 0. The molecule has 6 heteroatoms. The summed E-state index contributed by atoms with van der Waals surface area (Å²) in [6.45, 7) is 1.95. The molecule has 0 spiro atoms. The summed E-state index contributed by atoms with van der Waals surface area (Å²) in [5.74, 6) is 0.675. The molecular formula is C17H23N3O3. The van der Waals surface area contributed by atoms with E-state index in [2.05, 4.69) is 10.6 Å². The minimum atomic E-state index is -0.295. The van der Waals surface area contributed by atoms with Crippen LogP contribution in [0.4, 0.5) is 0 Å². The molecule has 0 saturated carbocycles. The molecule has 2 heterocycles. The maximum atomic E-state index is 12.7. The lowest BCUT2D eigenvalue weighted by molar-refractivity contribution is -0.136. The van der Waals surface area contributed by atoms with Gasteiger partial charge in [-0.15, -0.1) is 0 Å². The van der Waals surface area contributed by atoms with E-state index in [-0.39, 0.29) is 30.4 Å². The van der Waals surface area contributed by atoms with Crippen LogP contribution in [0.25, 0.3) is 0 Å². The SMILES string of the molecule is COc1cccc([C@@H]2CC(=O)N(C3CCNCC3)CC(=O)N2)c1. The Hall–Kier alpha value is -2.08. The fourth-order valence-electron chi connectivity index (χ4n) is 3.34. The van der Waals surface area contributed by atoms with Gasteiger partial charge in [-0.05, 0) is 43.6 Å². The topological polar surface area (TPSA) is 70.7 Å². The van der Waals surface area contributed by atoms with E-state index >= 15 is 0 Å². The molecule has 1 atom stereocenters. The van der Waals surface area contributed by atoms with Crippen molar-refractivity contribution in [1.82, 2.24) is 15.5 Å². The molecule has 0 unspecified atom stereocenters. The lowest BCUT2D eigenvalue weighted by atomic mass is 10.0. The van der Waals surface area contributed by atoms with Gasteiger partial charge >= 0.3 is 0 Å². The molecule has 6 nitrogen and oxygen atoms in total. The lowest BCUT2D eigenvalue weighted by Crippen LogP contribution is -2.47. The molecule has 124 valence electrons. The number of benzene rings is 1. The number of nitrogens with zero attached hydrogens (tertiary/aromatic N) is 1. The molecule has 1 aromatic rings. The van der Waals surface area contributed by atoms with Crippen LogP contribution in [0.3, 0.4) is 0 Å². The van der Waals surface area contributed by atoms with Crippen molar-refractivity contribution in [1.29, 1.82) is 0 Å². The molecule has 0 radical (unpaired) electrons. The van der Waals surface area contributed by atoms with Gasteiger partial charge in [0.25, 0.3) is 0 Å². The maximum Gasteiger partial charge on any atom is 0.240 e. The van der Waals surface area contributed by atoms with Crippen LogP contribution in [-0.2, 0) is 9.59 Å². The van der Waals surface area contributed by atoms with E-state index in [0.29, 0.717) is 6.42 Å². The van der Waals surface area contributed by atoms with Crippen molar-refractivity contribution in [3.63, 3.8) is 0 Å². The smallest absolute Gasteiger partial charge is 0.240 e. The molecule has 0 aromatic heterocycles. The Morgan fingerprint density at radius 2 is 2.00 bits per heavy atom. The normalized spacial score (nSPS) is 23.3. The van der Waals surface area contributed by atoms with Crippen LogP contribution < -0.4 is 15.4 Å². The Balaban J connectivity index is 1.77. The van der Waals surface area contributed by atoms with Gasteiger partial charge < -0.3 is 20.3 Å². The molecule has 0 aliphatic carbocycles. The fraction of sp³-hybridized carbons (Fsp3) is 0.529. The van der Waals surface area contributed by atoms with Gasteiger partial charge in [0.1, 0.15) is 5.75 Å². The minimum absolute atomic E-state index is 0.0445. The number of hydrogen-bond acceptors (Lipinski definition) is 4. The van der Waals surface area contributed by atoms with E-state index in [1.54, 1.807) is 12.0 Å². The van der Waals surface area contributed by atoms with Crippen LogP contribution >= 0.6 is 0 Å². The number of piperidine rings is 1. The average Bonchev–Trinajstić information content (AvgIpc) is 2.74. The van der Waals surface area contributed by atoms with Crippen LogP contribution in [0.5, 0.6) is 5.75 Å². The van der Waals surface area contributed by atoms with Crippen LogP contribution in [0.2, 0.25) is 0 Å². The number of rotatable bonds is 3. The zero-order chi connectivity index (χ0) is 16.2. The molecule has 1 aromatic carbocycles. The molecule has 23 heavy (non-hydrogen) atoms. The van der Waals surface area contributed by atoms with E-state index in [9.17, 15) is 9.59 Å². The quantitative estimate of drug-likeness (QED) is 0.866. The average molecular weight is 317 g/mol. The third kappa shape index (κ3) is 3.64. The van der Waals surface area contributed by atoms with Gasteiger partial charge in [-0.1, -0.05) is 12.1 Å². The largest absolute Gasteiger partial charge is 0.497 e. The molecule has 2 N–H and O–H groups in total. The van der Waals surface area contributed by atoms with E-state index in [0.717, 1.165) is 37.2 Å². The van der Waals surface area contributed by atoms with Crippen molar-refractivity contribution in [2.24, 2.45) is 0 Å². The van der Waals surface area contributed by atoms with Gasteiger partial charge in [0.15, 0.2) is 0 Å². The second kappa shape index (κ2) is 7.00. The Morgan fingerprint density at radius 3 is 2.74 bits per heavy atom. The predicted octanol–water partition coefficient (Wildman–Crippen LogP) is 0.837. The highest BCUT2D eigenvalue weighted by atomic mass is 16.5. The number of amides is 2. The van der Waals surface area contributed by atoms with E-state index in [1.807, 2.05) is 24.3 Å². The molecule has 2 amide bonds. The number of carbonyl (C=O) groups excluding carboxylic acids is 2. The molecule has 2 aliphatic rings. The van der Waals surface area contributed by atoms with Gasteiger partial charge in [0, 0.05) is 6.04 Å². The van der Waals surface area contributed by atoms with Crippen molar-refractivity contribution in [2.75, 3.05) is 26.7 Å². The summed E-state index contributed by atoms with van der Waals surface area (Å²) in [5.41, 5.74) is 0.901. The van der Waals surface area contributed by atoms with E-state index < -0.39 is 0 Å². The summed E-state index contributed by atoms with van der Waals surface area (Å²) in [5, 5.41) is 6.26. The molecule has 2 aliphatic heterocycles. The van der Waals surface area contributed by atoms with Gasteiger partial charge in [0.2, 0.25) is 11.8 Å². The first-order valence-corrected chi connectivity index (χ1v) is 8.11. The van der Waals surface area contributed by atoms with Gasteiger partial charge in [-0.2, -0.15) is 0 Å². The standard InChI is InChI=1S/C17H23N3O3/c1-23-14-4-2-3-12(9-14)15-10-17(22)20(11-16(21)19-15)13-5-7-18-8-6-13/h2-4,9,13,15,18H,5-8,10-11H2,1H3,(H,19,21)/t15-/m0/s1. The number of carbonyl (C=O) groups is 2. The number of methoxy groups -OCH3 is 1. The Bertz CT molecular complexity index is 584. The Labute approximate surface area is 136 Å². The highest BCUT2D eigenvalue weighted by Crippen LogP contribution is 2.25. The highest BCUT2D eigenvalue weighted by Gasteiger charge is 2.33. The fourth-order valence-corrected chi connectivity index (χ4v) is 3.34. The number of nitrogens with one attached hydrogen (secondary N) is 2. The van der Waals surface area contributed by atoms with Crippen molar-refractivity contribution < 1.29 is 14.3 Å². The second-order valence-electron chi connectivity index (χ2n) is 6.10. The van der Waals surface area contributed by atoms with Crippen molar-refractivity contribution in [3.05, 3.63) is 29.8 Å². The number of hydrogen-bond donors (Lipinski definition) is 2. The van der Waals surface area contributed by atoms with E-state index in [1.165, 1.54) is 0 Å². The van der Waals surface area contributed by atoms with Crippen molar-refractivity contribution >= 4 is 11.8 Å². The first-order chi connectivity index (χ1) is 11.2. The zero-order valence-electron chi connectivity index (χ0n) is 13.4. The molecule has 2 saturated heterocycles. The molecule has 2 fully saturated rings. The van der Waals surface area contributed by atoms with Gasteiger partial charge in [0.05, 0.1) is 26.1 Å². The molecule has 0 bridgehead atoms. The lowest BCUT2D eigenvalue weighted by Gasteiger charge is -2.33. The van der Waals surface area contributed by atoms with Crippen LogP contribution in [0, 0.1) is 0 Å². The summed E-state index contributed by atoms with van der Waals surface area (Å²) in [7, 11) is 1.61. The van der Waals surface area contributed by atoms with Gasteiger partial charge in [-0.25, -0.2) is 0 Å². The van der Waals surface area contributed by atoms with Crippen LogP contribution in [0.15, 0.2) is 24.3 Å². The molecular weight excluding hydrogens is 294 g/mol. The maximum absolute atomic E-state index is 12.7. The first kappa shape index (κ1) is 15.8. The van der Waals surface area contributed by atoms with E-state index in [4.69, 9.17) is 4.74 Å². The van der Waals surface area contributed by atoms with Crippen LogP contribution in [-0.4, -0.2) is 49.5 Å². The van der Waals surface area contributed by atoms with Crippen LogP contribution in [0.1, 0.15) is 30.9 Å². The Morgan fingerprint density at radius 1 is 1.22 bits per heavy atom. The minimum Gasteiger partial charge on any atom is -0.497 e. The first-order valence-electron chi connectivity index (χ1n) is 8.11. The monoisotopic (exact) mass is 317 g/mol. The zero-order valence-corrected chi connectivity index (χ0v) is 13.4. The predicted molar refractivity (Wildman–Crippen MR) is 86.1 cm³/mol. The number of ether oxygens (including phenoxy) is 1. The summed E-state index contributed by atoms with van der Waals surface area (Å²) < 4.78 is 5.23. The van der Waals surface area contributed by atoms with Crippen molar-refractivity contribution in [3.8, 4) is 5.75 Å². The van der Waals surface area contributed by atoms with Gasteiger partial charge in [-0.3, -0.25) is 9.59 Å². The molecule has 3 rings (SSSR count). The highest BCUT2D eigenvalue weighted by molar-refractivity contribution is 5.88.